The highest BCUT2D eigenvalue weighted by Gasteiger charge is 2.31. The lowest BCUT2D eigenvalue weighted by molar-refractivity contribution is -0.130. The molecule has 0 aromatic carbocycles. The van der Waals surface area contributed by atoms with Gasteiger partial charge in [-0.15, -0.1) is 0 Å². The van der Waals surface area contributed by atoms with Crippen LogP contribution in [0.1, 0.15) is 26.2 Å². The fourth-order valence-corrected chi connectivity index (χ4v) is 2.11. The van der Waals surface area contributed by atoms with Crippen molar-refractivity contribution in [1.82, 2.24) is 10.6 Å². The maximum absolute atomic E-state index is 11.8. The Morgan fingerprint density at radius 1 is 1.38 bits per heavy atom. The van der Waals surface area contributed by atoms with Crippen molar-refractivity contribution in [1.29, 1.82) is 0 Å². The van der Waals surface area contributed by atoms with Gasteiger partial charge < -0.3 is 16.4 Å². The normalized spacial score (nSPS) is 29.6. The molecule has 3 unspecified atom stereocenters. The van der Waals surface area contributed by atoms with Crippen LogP contribution in [0.4, 0.5) is 0 Å². The van der Waals surface area contributed by atoms with Crippen LogP contribution in [0, 0.1) is 11.8 Å². The van der Waals surface area contributed by atoms with Crippen LogP contribution in [0.5, 0.6) is 0 Å². The Morgan fingerprint density at radius 3 is 2.69 bits per heavy atom. The number of amides is 2. The van der Waals surface area contributed by atoms with Crippen molar-refractivity contribution in [2.75, 3.05) is 13.6 Å². The Labute approximate surface area is 96.1 Å². The minimum atomic E-state index is -0.180. The van der Waals surface area contributed by atoms with Crippen LogP contribution < -0.4 is 16.4 Å². The third-order valence-electron chi connectivity index (χ3n) is 3.28. The summed E-state index contributed by atoms with van der Waals surface area (Å²) in [6, 6.07) is 0.118. The Balaban J connectivity index is 2.42. The molecule has 5 nitrogen and oxygen atoms in total. The van der Waals surface area contributed by atoms with Crippen LogP contribution in [0.15, 0.2) is 0 Å². The topological polar surface area (TPSA) is 84.2 Å². The maximum atomic E-state index is 11.8. The molecule has 0 bridgehead atoms. The molecular weight excluding hydrogens is 206 g/mol. The second-order valence-corrected chi connectivity index (χ2v) is 4.55. The molecule has 0 saturated heterocycles. The van der Waals surface area contributed by atoms with Gasteiger partial charge in [-0.1, -0.05) is 6.92 Å². The smallest absolute Gasteiger partial charge is 0.239 e. The van der Waals surface area contributed by atoms with Gasteiger partial charge in [-0.2, -0.15) is 0 Å². The molecule has 1 aliphatic carbocycles. The van der Waals surface area contributed by atoms with Crippen molar-refractivity contribution in [3.05, 3.63) is 0 Å². The van der Waals surface area contributed by atoms with Crippen molar-refractivity contribution in [3.63, 3.8) is 0 Å². The molecule has 0 spiro atoms. The zero-order valence-corrected chi connectivity index (χ0v) is 9.95. The fourth-order valence-electron chi connectivity index (χ4n) is 2.11. The predicted molar refractivity (Wildman–Crippen MR) is 61.6 cm³/mol. The van der Waals surface area contributed by atoms with Gasteiger partial charge in [0.15, 0.2) is 0 Å². The van der Waals surface area contributed by atoms with Crippen LogP contribution in [-0.2, 0) is 9.59 Å². The van der Waals surface area contributed by atoms with Gasteiger partial charge in [0.2, 0.25) is 11.8 Å². The van der Waals surface area contributed by atoms with Crippen LogP contribution in [0.2, 0.25) is 0 Å². The maximum Gasteiger partial charge on any atom is 0.239 e. The molecule has 1 saturated carbocycles. The highest BCUT2D eigenvalue weighted by Crippen LogP contribution is 2.28. The van der Waals surface area contributed by atoms with Crippen LogP contribution in [0.3, 0.4) is 0 Å². The number of carbonyl (C=O) groups is 2. The summed E-state index contributed by atoms with van der Waals surface area (Å²) in [4.78, 5) is 22.8. The number of carbonyl (C=O) groups excluding carboxylic acids is 2. The first-order valence-electron chi connectivity index (χ1n) is 5.78. The monoisotopic (exact) mass is 227 g/mol. The first-order valence-corrected chi connectivity index (χ1v) is 5.78. The van der Waals surface area contributed by atoms with Gasteiger partial charge in [0, 0.05) is 19.0 Å². The average Bonchev–Trinajstić information content (AvgIpc) is 2.28. The van der Waals surface area contributed by atoms with Gasteiger partial charge >= 0.3 is 0 Å². The third kappa shape index (κ3) is 3.48. The van der Waals surface area contributed by atoms with Gasteiger partial charge in [-0.25, -0.2) is 0 Å². The van der Waals surface area contributed by atoms with E-state index in [4.69, 9.17) is 5.73 Å². The zero-order chi connectivity index (χ0) is 12.1. The summed E-state index contributed by atoms with van der Waals surface area (Å²) >= 11 is 0. The van der Waals surface area contributed by atoms with Crippen molar-refractivity contribution < 1.29 is 9.59 Å². The molecule has 3 atom stereocenters. The lowest BCUT2D eigenvalue weighted by Gasteiger charge is -2.31. The van der Waals surface area contributed by atoms with Crippen molar-refractivity contribution in [2.24, 2.45) is 17.6 Å². The van der Waals surface area contributed by atoms with E-state index in [0.29, 0.717) is 5.92 Å². The number of likely N-dealkylation sites (N-methyl/N-ethyl adjacent to an activating group) is 1. The van der Waals surface area contributed by atoms with Crippen LogP contribution in [0.25, 0.3) is 0 Å². The molecular formula is C11H21N3O2. The zero-order valence-electron chi connectivity index (χ0n) is 9.95. The molecule has 5 heteroatoms. The first-order chi connectivity index (χ1) is 7.54. The second-order valence-electron chi connectivity index (χ2n) is 4.55. The summed E-state index contributed by atoms with van der Waals surface area (Å²) in [5.74, 6) is 0.0743. The molecule has 16 heavy (non-hydrogen) atoms. The molecule has 1 aliphatic rings. The SMILES string of the molecule is CNC(=O)CNC(=O)C1CC(N)CCC1C. The molecule has 0 aromatic heterocycles. The molecule has 0 aliphatic heterocycles. The molecule has 2 amide bonds. The summed E-state index contributed by atoms with van der Waals surface area (Å²) in [6.07, 6.45) is 2.69. The molecule has 0 aromatic rings. The molecule has 4 N–H and O–H groups in total. The Bertz CT molecular complexity index is 268. The van der Waals surface area contributed by atoms with E-state index in [2.05, 4.69) is 17.6 Å². The summed E-state index contributed by atoms with van der Waals surface area (Å²) in [7, 11) is 1.55. The fraction of sp³-hybridized carbons (Fsp3) is 0.818. The van der Waals surface area contributed by atoms with E-state index in [9.17, 15) is 9.59 Å². The summed E-state index contributed by atoms with van der Waals surface area (Å²) in [5.41, 5.74) is 5.85. The predicted octanol–water partition coefficient (Wildman–Crippen LogP) is -0.388. The number of hydrogen-bond donors (Lipinski definition) is 3. The molecule has 1 rings (SSSR count). The molecule has 1 fully saturated rings. The standard InChI is InChI=1S/C11H21N3O2/c1-7-3-4-8(12)5-9(7)11(16)14-6-10(15)13-2/h7-9H,3-6,12H2,1-2H3,(H,13,15)(H,14,16). The van der Waals surface area contributed by atoms with Gasteiger partial charge in [0.1, 0.15) is 0 Å². The van der Waals surface area contributed by atoms with E-state index in [1.807, 2.05) is 0 Å². The summed E-state index contributed by atoms with van der Waals surface area (Å²) in [6.45, 7) is 2.11. The van der Waals surface area contributed by atoms with Crippen LogP contribution in [-0.4, -0.2) is 31.4 Å². The second kappa shape index (κ2) is 5.84. The van der Waals surface area contributed by atoms with E-state index in [1.54, 1.807) is 7.05 Å². The van der Waals surface area contributed by atoms with Crippen molar-refractivity contribution >= 4 is 11.8 Å². The van der Waals surface area contributed by atoms with Gasteiger partial charge in [-0.05, 0) is 25.2 Å². The highest BCUT2D eigenvalue weighted by atomic mass is 16.2. The Morgan fingerprint density at radius 2 is 2.06 bits per heavy atom. The van der Waals surface area contributed by atoms with E-state index < -0.39 is 0 Å². The third-order valence-corrected chi connectivity index (χ3v) is 3.28. The van der Waals surface area contributed by atoms with Gasteiger partial charge in [0.25, 0.3) is 0 Å². The minimum Gasteiger partial charge on any atom is -0.358 e. The van der Waals surface area contributed by atoms with Crippen molar-refractivity contribution in [3.8, 4) is 0 Å². The van der Waals surface area contributed by atoms with E-state index in [-0.39, 0.29) is 30.3 Å². The van der Waals surface area contributed by atoms with Gasteiger partial charge in [0.05, 0.1) is 6.54 Å². The van der Waals surface area contributed by atoms with E-state index >= 15 is 0 Å². The lowest BCUT2D eigenvalue weighted by Crippen LogP contribution is -2.44. The Kier molecular flexibility index (Phi) is 4.73. The van der Waals surface area contributed by atoms with Crippen LogP contribution >= 0.6 is 0 Å². The summed E-state index contributed by atoms with van der Waals surface area (Å²) in [5, 5.41) is 5.11. The molecule has 92 valence electrons. The Hall–Kier alpha value is -1.10. The summed E-state index contributed by atoms with van der Waals surface area (Å²) < 4.78 is 0. The first kappa shape index (κ1) is 13.0. The van der Waals surface area contributed by atoms with E-state index in [0.717, 1.165) is 19.3 Å². The average molecular weight is 227 g/mol. The number of hydrogen-bond acceptors (Lipinski definition) is 3. The molecule has 0 heterocycles. The van der Waals surface area contributed by atoms with Crippen molar-refractivity contribution in [2.45, 2.75) is 32.2 Å². The lowest BCUT2D eigenvalue weighted by atomic mass is 9.78. The minimum absolute atomic E-state index is 0.0478. The van der Waals surface area contributed by atoms with E-state index in [1.165, 1.54) is 0 Å². The largest absolute Gasteiger partial charge is 0.358 e. The quantitative estimate of drug-likeness (QED) is 0.614. The number of nitrogens with two attached hydrogens (primary N) is 1. The highest BCUT2D eigenvalue weighted by molar-refractivity contribution is 5.85. The molecule has 0 radical (unpaired) electrons. The number of rotatable bonds is 3. The van der Waals surface area contributed by atoms with Gasteiger partial charge in [-0.3, -0.25) is 9.59 Å². The number of nitrogens with one attached hydrogen (secondary N) is 2.